The number of hydrogen-bond acceptors (Lipinski definition) is 2. The fraction of sp³-hybridized carbons (Fsp3) is 0.0345. The van der Waals surface area contributed by atoms with E-state index in [1.807, 2.05) is 30.6 Å². The number of benzene rings is 3. The predicted molar refractivity (Wildman–Crippen MR) is 127 cm³/mol. The van der Waals surface area contributed by atoms with Gasteiger partial charge in [-0.1, -0.05) is 66.7 Å². The van der Waals surface area contributed by atoms with Gasteiger partial charge in [-0.2, -0.15) is 0 Å². The van der Waals surface area contributed by atoms with E-state index < -0.39 is 0 Å². The Hall–Kier alpha value is -4.04. The molecule has 0 amide bonds. The standard InChI is InChI=1S/C29H20N2/c1-3-16-30-28(14-1)21-9-5-8-20(18-21)22-10-6-11-23-24-12-7-13-25(27(24)19-26(22)23)29-15-2-4-17-31-29/h1-18H,19H2. The molecule has 1 aliphatic rings. The zero-order valence-corrected chi connectivity index (χ0v) is 17.0. The second kappa shape index (κ2) is 7.33. The van der Waals surface area contributed by atoms with Crippen molar-refractivity contribution in [1.29, 1.82) is 0 Å². The van der Waals surface area contributed by atoms with Gasteiger partial charge in [0.05, 0.1) is 11.4 Å². The highest BCUT2D eigenvalue weighted by atomic mass is 14.7. The molecule has 2 heterocycles. The highest BCUT2D eigenvalue weighted by molar-refractivity contribution is 5.89. The summed E-state index contributed by atoms with van der Waals surface area (Å²) in [5, 5.41) is 0. The molecule has 0 radical (unpaired) electrons. The SMILES string of the molecule is c1ccc(-c2cccc(-c3cccc4c3Cc3c(-c5ccccn5)cccc3-4)c2)nc1. The Balaban J connectivity index is 1.47. The van der Waals surface area contributed by atoms with Crippen molar-refractivity contribution in [3.63, 3.8) is 0 Å². The number of fused-ring (bicyclic) bond motifs is 3. The normalized spacial score (nSPS) is 11.7. The second-order valence-corrected chi connectivity index (χ2v) is 7.85. The first-order valence-corrected chi connectivity index (χ1v) is 10.6. The molecule has 2 nitrogen and oxygen atoms in total. The van der Waals surface area contributed by atoms with Gasteiger partial charge < -0.3 is 0 Å². The summed E-state index contributed by atoms with van der Waals surface area (Å²) in [6.45, 7) is 0. The fourth-order valence-electron chi connectivity index (χ4n) is 4.65. The van der Waals surface area contributed by atoms with Gasteiger partial charge in [0.2, 0.25) is 0 Å². The van der Waals surface area contributed by atoms with E-state index in [1.54, 1.807) is 0 Å². The third kappa shape index (κ3) is 3.04. The minimum absolute atomic E-state index is 0.918. The van der Waals surface area contributed by atoms with Crippen LogP contribution >= 0.6 is 0 Å². The Bertz CT molecular complexity index is 1390. The van der Waals surface area contributed by atoms with Gasteiger partial charge in [-0.15, -0.1) is 0 Å². The molecule has 0 aliphatic heterocycles. The number of pyridine rings is 2. The number of nitrogens with zero attached hydrogens (tertiary/aromatic N) is 2. The fourth-order valence-corrected chi connectivity index (χ4v) is 4.65. The van der Waals surface area contributed by atoms with E-state index in [0.717, 1.165) is 23.4 Å². The summed E-state index contributed by atoms with van der Waals surface area (Å²) in [6.07, 6.45) is 4.63. The van der Waals surface area contributed by atoms with Crippen LogP contribution in [0.4, 0.5) is 0 Å². The van der Waals surface area contributed by atoms with E-state index >= 15 is 0 Å². The van der Waals surface area contributed by atoms with Crippen LogP contribution in [0.25, 0.3) is 44.8 Å². The second-order valence-electron chi connectivity index (χ2n) is 7.85. The van der Waals surface area contributed by atoms with Gasteiger partial charge in [-0.3, -0.25) is 9.97 Å². The maximum absolute atomic E-state index is 4.61. The van der Waals surface area contributed by atoms with Crippen molar-refractivity contribution in [2.75, 3.05) is 0 Å². The van der Waals surface area contributed by atoms with Crippen LogP contribution in [0.3, 0.4) is 0 Å². The maximum atomic E-state index is 4.61. The van der Waals surface area contributed by atoms with Crippen molar-refractivity contribution in [3.05, 3.63) is 121 Å². The summed E-state index contributed by atoms with van der Waals surface area (Å²) in [5.41, 5.74) is 12.3. The topological polar surface area (TPSA) is 25.8 Å². The highest BCUT2D eigenvalue weighted by Crippen LogP contribution is 2.45. The lowest BCUT2D eigenvalue weighted by atomic mass is 9.94. The molecule has 5 aromatic rings. The average Bonchev–Trinajstić information content (AvgIpc) is 3.24. The van der Waals surface area contributed by atoms with Crippen LogP contribution < -0.4 is 0 Å². The Morgan fingerprint density at radius 3 is 1.74 bits per heavy atom. The first kappa shape index (κ1) is 17.8. The van der Waals surface area contributed by atoms with Crippen molar-refractivity contribution in [1.82, 2.24) is 9.97 Å². The van der Waals surface area contributed by atoms with Crippen LogP contribution in [0.15, 0.2) is 109 Å². The first-order valence-electron chi connectivity index (χ1n) is 10.6. The van der Waals surface area contributed by atoms with E-state index in [0.29, 0.717) is 0 Å². The van der Waals surface area contributed by atoms with Crippen molar-refractivity contribution in [2.45, 2.75) is 6.42 Å². The molecule has 0 N–H and O–H groups in total. The maximum Gasteiger partial charge on any atom is 0.0705 e. The Labute approximate surface area is 181 Å². The molecule has 2 heteroatoms. The zero-order chi connectivity index (χ0) is 20.6. The van der Waals surface area contributed by atoms with E-state index in [9.17, 15) is 0 Å². The van der Waals surface area contributed by atoms with E-state index in [-0.39, 0.29) is 0 Å². The molecular weight excluding hydrogens is 376 g/mol. The van der Waals surface area contributed by atoms with E-state index in [4.69, 9.17) is 0 Å². The summed E-state index contributed by atoms with van der Waals surface area (Å²) in [4.78, 5) is 9.14. The van der Waals surface area contributed by atoms with Crippen molar-refractivity contribution in [3.8, 4) is 44.8 Å². The van der Waals surface area contributed by atoms with Crippen molar-refractivity contribution in [2.24, 2.45) is 0 Å². The van der Waals surface area contributed by atoms with Crippen LogP contribution in [0.2, 0.25) is 0 Å². The summed E-state index contributed by atoms with van der Waals surface area (Å²) in [6, 6.07) is 34.1. The minimum atomic E-state index is 0.918. The Morgan fingerprint density at radius 2 is 1.03 bits per heavy atom. The number of aromatic nitrogens is 2. The molecule has 0 bridgehead atoms. The third-order valence-corrected chi connectivity index (χ3v) is 6.07. The van der Waals surface area contributed by atoms with Crippen LogP contribution in [-0.2, 0) is 6.42 Å². The summed E-state index contributed by atoms with van der Waals surface area (Å²) in [7, 11) is 0. The predicted octanol–water partition coefficient (Wildman–Crippen LogP) is 7.05. The van der Waals surface area contributed by atoms with Gasteiger partial charge >= 0.3 is 0 Å². The van der Waals surface area contributed by atoms with Gasteiger partial charge in [0.1, 0.15) is 0 Å². The highest BCUT2D eigenvalue weighted by Gasteiger charge is 2.24. The molecule has 0 saturated heterocycles. The molecule has 0 unspecified atom stereocenters. The third-order valence-electron chi connectivity index (χ3n) is 6.07. The molecule has 31 heavy (non-hydrogen) atoms. The average molecular weight is 396 g/mol. The monoisotopic (exact) mass is 396 g/mol. The molecule has 3 aromatic carbocycles. The molecule has 0 spiro atoms. The minimum Gasteiger partial charge on any atom is -0.256 e. The largest absolute Gasteiger partial charge is 0.256 e. The zero-order valence-electron chi connectivity index (χ0n) is 17.0. The van der Waals surface area contributed by atoms with Crippen LogP contribution in [0.5, 0.6) is 0 Å². The first-order chi connectivity index (χ1) is 15.4. The van der Waals surface area contributed by atoms with Gasteiger partial charge in [-0.05, 0) is 70.1 Å². The lowest BCUT2D eigenvalue weighted by Gasteiger charge is -2.10. The van der Waals surface area contributed by atoms with E-state index in [1.165, 1.54) is 38.9 Å². The van der Waals surface area contributed by atoms with Gasteiger partial charge in [0.15, 0.2) is 0 Å². The smallest absolute Gasteiger partial charge is 0.0705 e. The Kier molecular flexibility index (Phi) is 4.21. The number of hydrogen-bond donors (Lipinski definition) is 0. The Morgan fingerprint density at radius 1 is 0.452 bits per heavy atom. The summed E-state index contributed by atoms with van der Waals surface area (Å²) in [5.74, 6) is 0. The molecule has 1 aliphatic carbocycles. The molecular formula is C29H20N2. The van der Waals surface area contributed by atoms with Gasteiger partial charge in [0, 0.05) is 23.5 Å². The van der Waals surface area contributed by atoms with Crippen LogP contribution in [-0.4, -0.2) is 9.97 Å². The van der Waals surface area contributed by atoms with Crippen molar-refractivity contribution >= 4 is 0 Å². The lowest BCUT2D eigenvalue weighted by Crippen LogP contribution is -1.91. The van der Waals surface area contributed by atoms with Crippen LogP contribution in [0, 0.1) is 0 Å². The molecule has 146 valence electrons. The summed E-state index contributed by atoms with van der Waals surface area (Å²) < 4.78 is 0. The van der Waals surface area contributed by atoms with Gasteiger partial charge in [-0.25, -0.2) is 0 Å². The van der Waals surface area contributed by atoms with E-state index in [2.05, 4.69) is 88.8 Å². The number of rotatable bonds is 3. The molecule has 2 aromatic heterocycles. The lowest BCUT2D eigenvalue weighted by molar-refractivity contribution is 1.24. The van der Waals surface area contributed by atoms with Crippen LogP contribution in [0.1, 0.15) is 11.1 Å². The molecule has 0 atom stereocenters. The molecule has 0 saturated carbocycles. The van der Waals surface area contributed by atoms with Gasteiger partial charge in [0.25, 0.3) is 0 Å². The summed E-state index contributed by atoms with van der Waals surface area (Å²) >= 11 is 0. The van der Waals surface area contributed by atoms with Crippen molar-refractivity contribution < 1.29 is 0 Å². The quantitative estimate of drug-likeness (QED) is 0.320. The molecule has 6 rings (SSSR count). The molecule has 0 fully saturated rings.